The van der Waals surface area contributed by atoms with E-state index in [1.165, 1.54) is 11.1 Å². The molecule has 0 bridgehead atoms. The quantitative estimate of drug-likeness (QED) is 0.744. The van der Waals surface area contributed by atoms with Crippen molar-refractivity contribution in [2.24, 2.45) is 0 Å². The van der Waals surface area contributed by atoms with Crippen LogP contribution in [0.5, 0.6) is 0 Å². The Hall–Kier alpha value is -1.75. The first-order chi connectivity index (χ1) is 8.79. The Labute approximate surface area is 105 Å². The Kier molecular flexibility index (Phi) is 2.83. The van der Waals surface area contributed by atoms with Crippen LogP contribution in [0.3, 0.4) is 0 Å². The van der Waals surface area contributed by atoms with Crippen molar-refractivity contribution in [3.63, 3.8) is 0 Å². The summed E-state index contributed by atoms with van der Waals surface area (Å²) in [4.78, 5) is 29.9. The number of hydrogen-bond acceptors (Lipinski definition) is 4. The molecule has 1 aromatic rings. The topological polar surface area (TPSA) is 62.3 Å². The Morgan fingerprint density at radius 1 is 1.17 bits per heavy atom. The zero-order valence-corrected chi connectivity index (χ0v) is 10.1. The van der Waals surface area contributed by atoms with Gasteiger partial charge in [-0.25, -0.2) is 0 Å². The number of pyridine rings is 1. The van der Waals surface area contributed by atoms with Gasteiger partial charge in [0, 0.05) is 18.4 Å². The number of aromatic nitrogens is 1. The van der Waals surface area contributed by atoms with E-state index in [1.807, 2.05) is 0 Å². The predicted octanol–water partition coefficient (Wildman–Crippen LogP) is 0.820. The molecule has 2 aliphatic heterocycles. The SMILES string of the molecule is O=C1c2ccncc2C(=O)N1C1CCCNCC1. The molecule has 1 atom stereocenters. The number of amides is 2. The fraction of sp³-hybridized carbons (Fsp3) is 0.462. The maximum absolute atomic E-state index is 12.3. The number of nitrogens with zero attached hydrogens (tertiary/aromatic N) is 2. The molecule has 5 nitrogen and oxygen atoms in total. The first-order valence-corrected chi connectivity index (χ1v) is 6.31. The zero-order valence-electron chi connectivity index (χ0n) is 10.1. The molecule has 0 spiro atoms. The Morgan fingerprint density at radius 3 is 2.83 bits per heavy atom. The molecule has 2 amide bonds. The Morgan fingerprint density at radius 2 is 2.00 bits per heavy atom. The average molecular weight is 245 g/mol. The van der Waals surface area contributed by atoms with Crippen LogP contribution in [0.25, 0.3) is 0 Å². The third kappa shape index (κ3) is 1.71. The lowest BCUT2D eigenvalue weighted by Gasteiger charge is -2.24. The minimum absolute atomic E-state index is 0.0207. The molecule has 3 heterocycles. The molecule has 3 rings (SSSR count). The largest absolute Gasteiger partial charge is 0.317 e. The summed E-state index contributed by atoms with van der Waals surface area (Å²) in [5, 5.41) is 3.29. The zero-order chi connectivity index (χ0) is 12.5. The molecule has 2 aliphatic rings. The summed E-state index contributed by atoms with van der Waals surface area (Å²) in [5.41, 5.74) is 0.937. The number of nitrogens with one attached hydrogen (secondary N) is 1. The molecule has 1 fully saturated rings. The third-order valence-electron chi connectivity index (χ3n) is 3.63. The van der Waals surface area contributed by atoms with Crippen LogP contribution in [0.1, 0.15) is 40.0 Å². The average Bonchev–Trinajstić information content (AvgIpc) is 2.61. The highest BCUT2D eigenvalue weighted by Gasteiger charge is 2.39. The smallest absolute Gasteiger partial charge is 0.263 e. The van der Waals surface area contributed by atoms with Crippen molar-refractivity contribution >= 4 is 11.8 Å². The number of carbonyl (C=O) groups excluding carboxylic acids is 2. The number of fused-ring (bicyclic) bond motifs is 1. The highest BCUT2D eigenvalue weighted by molar-refractivity contribution is 6.21. The monoisotopic (exact) mass is 245 g/mol. The molecule has 1 saturated heterocycles. The summed E-state index contributed by atoms with van der Waals surface area (Å²) in [5.74, 6) is -0.348. The predicted molar refractivity (Wildman–Crippen MR) is 65.2 cm³/mol. The van der Waals surface area contributed by atoms with Crippen LogP contribution in [0.15, 0.2) is 18.5 Å². The minimum atomic E-state index is -0.185. The van der Waals surface area contributed by atoms with Gasteiger partial charge in [0.2, 0.25) is 0 Å². The summed E-state index contributed by atoms with van der Waals surface area (Å²) >= 11 is 0. The van der Waals surface area contributed by atoms with Crippen LogP contribution >= 0.6 is 0 Å². The highest BCUT2D eigenvalue weighted by atomic mass is 16.2. The first-order valence-electron chi connectivity index (χ1n) is 6.31. The van der Waals surface area contributed by atoms with Crippen molar-refractivity contribution in [2.75, 3.05) is 13.1 Å². The number of hydrogen-bond donors (Lipinski definition) is 1. The van der Waals surface area contributed by atoms with Crippen LogP contribution in [0.2, 0.25) is 0 Å². The van der Waals surface area contributed by atoms with Crippen LogP contribution < -0.4 is 5.32 Å². The third-order valence-corrected chi connectivity index (χ3v) is 3.63. The fourth-order valence-corrected chi connectivity index (χ4v) is 2.69. The maximum atomic E-state index is 12.3. The summed E-state index contributed by atoms with van der Waals surface area (Å²) < 4.78 is 0. The fourth-order valence-electron chi connectivity index (χ4n) is 2.69. The second-order valence-corrected chi connectivity index (χ2v) is 4.74. The van der Waals surface area contributed by atoms with Gasteiger partial charge >= 0.3 is 0 Å². The lowest BCUT2D eigenvalue weighted by molar-refractivity contribution is 0.0572. The van der Waals surface area contributed by atoms with Crippen molar-refractivity contribution in [1.29, 1.82) is 0 Å². The van der Waals surface area contributed by atoms with E-state index < -0.39 is 0 Å². The number of imide groups is 1. The van der Waals surface area contributed by atoms with Gasteiger partial charge in [0.25, 0.3) is 11.8 Å². The molecule has 0 saturated carbocycles. The lowest BCUT2D eigenvalue weighted by Crippen LogP contribution is -2.40. The van der Waals surface area contributed by atoms with E-state index in [-0.39, 0.29) is 17.9 Å². The van der Waals surface area contributed by atoms with Gasteiger partial charge in [0.05, 0.1) is 11.1 Å². The molecule has 5 heteroatoms. The van der Waals surface area contributed by atoms with Gasteiger partial charge < -0.3 is 5.32 Å². The van der Waals surface area contributed by atoms with E-state index in [9.17, 15) is 9.59 Å². The van der Waals surface area contributed by atoms with Crippen molar-refractivity contribution in [3.05, 3.63) is 29.6 Å². The highest BCUT2D eigenvalue weighted by Crippen LogP contribution is 2.26. The van der Waals surface area contributed by atoms with E-state index in [0.717, 1.165) is 32.4 Å². The minimum Gasteiger partial charge on any atom is -0.317 e. The van der Waals surface area contributed by atoms with Crippen LogP contribution in [-0.4, -0.2) is 40.8 Å². The van der Waals surface area contributed by atoms with Crippen molar-refractivity contribution in [1.82, 2.24) is 15.2 Å². The Bertz CT molecular complexity index is 458. The first kappa shape index (κ1) is 11.3. The van der Waals surface area contributed by atoms with Gasteiger partial charge in [-0.2, -0.15) is 0 Å². The van der Waals surface area contributed by atoms with Crippen molar-refractivity contribution < 1.29 is 9.59 Å². The van der Waals surface area contributed by atoms with Gasteiger partial charge in [-0.15, -0.1) is 0 Å². The second-order valence-electron chi connectivity index (χ2n) is 4.74. The molecule has 0 radical (unpaired) electrons. The number of rotatable bonds is 1. The lowest BCUT2D eigenvalue weighted by atomic mass is 10.1. The summed E-state index contributed by atoms with van der Waals surface area (Å²) in [6.07, 6.45) is 5.76. The van der Waals surface area contributed by atoms with Crippen LogP contribution in [0, 0.1) is 0 Å². The summed E-state index contributed by atoms with van der Waals surface area (Å²) in [6.45, 7) is 1.82. The summed E-state index contributed by atoms with van der Waals surface area (Å²) in [7, 11) is 0. The van der Waals surface area contributed by atoms with Crippen LogP contribution in [0.4, 0.5) is 0 Å². The molecule has 0 aliphatic carbocycles. The Balaban J connectivity index is 1.91. The standard InChI is InChI=1S/C13H15N3O2/c17-12-10-4-7-15-8-11(10)13(18)16(12)9-2-1-5-14-6-3-9/h4,7-9,14H,1-3,5-6H2. The van der Waals surface area contributed by atoms with Gasteiger partial charge in [-0.1, -0.05) is 0 Å². The van der Waals surface area contributed by atoms with Crippen LogP contribution in [-0.2, 0) is 0 Å². The second kappa shape index (κ2) is 4.49. The van der Waals surface area contributed by atoms with Crippen molar-refractivity contribution in [3.8, 4) is 0 Å². The number of carbonyl (C=O) groups is 2. The molecule has 1 unspecified atom stereocenters. The van der Waals surface area contributed by atoms with E-state index in [0.29, 0.717) is 11.1 Å². The molecule has 1 N–H and O–H groups in total. The summed E-state index contributed by atoms with van der Waals surface area (Å²) in [6, 6.07) is 1.65. The van der Waals surface area contributed by atoms with E-state index >= 15 is 0 Å². The molecule has 1 aromatic heterocycles. The normalized spacial score (nSPS) is 24.0. The molecule has 18 heavy (non-hydrogen) atoms. The maximum Gasteiger partial charge on any atom is 0.263 e. The van der Waals surface area contributed by atoms with Crippen molar-refractivity contribution in [2.45, 2.75) is 25.3 Å². The van der Waals surface area contributed by atoms with Gasteiger partial charge in [0.15, 0.2) is 0 Å². The van der Waals surface area contributed by atoms with E-state index in [2.05, 4.69) is 10.3 Å². The molecule has 0 aromatic carbocycles. The van der Waals surface area contributed by atoms with Gasteiger partial charge in [-0.05, 0) is 38.4 Å². The van der Waals surface area contributed by atoms with Gasteiger partial charge in [-0.3, -0.25) is 19.5 Å². The molecular weight excluding hydrogens is 230 g/mol. The molecular formula is C13H15N3O2. The van der Waals surface area contributed by atoms with E-state index in [1.54, 1.807) is 12.3 Å². The van der Waals surface area contributed by atoms with Gasteiger partial charge in [0.1, 0.15) is 0 Å². The molecule has 94 valence electrons. The van der Waals surface area contributed by atoms with E-state index in [4.69, 9.17) is 0 Å².